The maximum Gasteiger partial charge on any atom is 0.239 e. The molecule has 0 aromatic carbocycles. The first-order chi connectivity index (χ1) is 6.54. The zero-order valence-corrected chi connectivity index (χ0v) is 8.82. The zero-order chi connectivity index (χ0) is 11.1. The van der Waals surface area contributed by atoms with Crippen LogP contribution in [-0.4, -0.2) is 24.4 Å². The molecule has 76 valence electrons. The lowest BCUT2D eigenvalue weighted by Crippen LogP contribution is -2.35. The second kappa shape index (κ2) is 5.99. The van der Waals surface area contributed by atoms with Gasteiger partial charge in [-0.3, -0.25) is 4.79 Å². The molecule has 0 fully saturated rings. The molecule has 4 nitrogen and oxygen atoms in total. The minimum Gasteiger partial charge on any atom is -0.344 e. The van der Waals surface area contributed by atoms with E-state index in [1.54, 1.807) is 7.05 Å². The average Bonchev–Trinajstić information content (AvgIpc) is 2.14. The minimum absolute atomic E-state index is 0.0111. The van der Waals surface area contributed by atoms with E-state index in [4.69, 9.17) is 10.5 Å². The average molecular weight is 193 g/mol. The van der Waals surface area contributed by atoms with Gasteiger partial charge in [-0.25, -0.2) is 0 Å². The summed E-state index contributed by atoms with van der Waals surface area (Å²) in [6, 6.07) is 3.95. The maximum atomic E-state index is 11.6. The Morgan fingerprint density at radius 1 is 1.43 bits per heavy atom. The van der Waals surface area contributed by atoms with Gasteiger partial charge in [0.25, 0.3) is 0 Å². The molecular weight excluding hydrogens is 178 g/mol. The zero-order valence-electron chi connectivity index (χ0n) is 8.82. The standard InChI is InChI=1S/C10H15N3O/c1-8(2)9(7-12)10(14)13(3)6-4-5-11/h8-9H,4,6H2,1-3H3. The van der Waals surface area contributed by atoms with E-state index in [0.29, 0.717) is 13.0 Å². The second-order valence-electron chi connectivity index (χ2n) is 3.52. The Morgan fingerprint density at radius 2 is 2.00 bits per heavy atom. The third kappa shape index (κ3) is 3.45. The van der Waals surface area contributed by atoms with Gasteiger partial charge in [-0.1, -0.05) is 13.8 Å². The Labute approximate surface area is 84.7 Å². The summed E-state index contributed by atoms with van der Waals surface area (Å²) in [5.41, 5.74) is 0. The molecule has 0 aromatic rings. The Bertz CT molecular complexity index is 272. The largest absolute Gasteiger partial charge is 0.344 e. The molecule has 1 unspecified atom stereocenters. The monoisotopic (exact) mass is 193 g/mol. The van der Waals surface area contributed by atoms with Crippen LogP contribution in [0.15, 0.2) is 0 Å². The van der Waals surface area contributed by atoms with Crippen molar-refractivity contribution in [2.45, 2.75) is 20.3 Å². The van der Waals surface area contributed by atoms with Crippen molar-refractivity contribution in [3.63, 3.8) is 0 Å². The van der Waals surface area contributed by atoms with Gasteiger partial charge in [-0.15, -0.1) is 0 Å². The van der Waals surface area contributed by atoms with Crippen molar-refractivity contribution in [2.75, 3.05) is 13.6 Å². The van der Waals surface area contributed by atoms with Gasteiger partial charge in [0.2, 0.25) is 5.91 Å². The van der Waals surface area contributed by atoms with Crippen LogP contribution in [0.1, 0.15) is 20.3 Å². The van der Waals surface area contributed by atoms with E-state index in [0.717, 1.165) is 0 Å². The van der Waals surface area contributed by atoms with Gasteiger partial charge in [-0.05, 0) is 5.92 Å². The van der Waals surface area contributed by atoms with Crippen LogP contribution in [0.25, 0.3) is 0 Å². The highest BCUT2D eigenvalue weighted by Crippen LogP contribution is 2.12. The molecular formula is C10H15N3O. The number of nitriles is 2. The third-order valence-corrected chi connectivity index (χ3v) is 2.01. The fourth-order valence-corrected chi connectivity index (χ4v) is 1.05. The Hall–Kier alpha value is -1.55. The highest BCUT2D eigenvalue weighted by molar-refractivity contribution is 5.81. The number of rotatable bonds is 4. The van der Waals surface area contributed by atoms with Crippen molar-refractivity contribution in [3.05, 3.63) is 0 Å². The Balaban J connectivity index is 4.31. The predicted octanol–water partition coefficient (Wildman–Crippen LogP) is 1.15. The van der Waals surface area contributed by atoms with E-state index in [2.05, 4.69) is 0 Å². The van der Waals surface area contributed by atoms with Crippen molar-refractivity contribution in [1.82, 2.24) is 4.90 Å². The molecule has 0 aliphatic rings. The van der Waals surface area contributed by atoms with E-state index in [1.807, 2.05) is 26.0 Å². The predicted molar refractivity (Wildman–Crippen MR) is 51.8 cm³/mol. The summed E-state index contributed by atoms with van der Waals surface area (Å²) in [6.07, 6.45) is 0.304. The lowest BCUT2D eigenvalue weighted by Gasteiger charge is -2.20. The van der Waals surface area contributed by atoms with E-state index < -0.39 is 5.92 Å². The van der Waals surface area contributed by atoms with E-state index in [1.165, 1.54) is 4.90 Å². The highest BCUT2D eigenvalue weighted by Gasteiger charge is 2.24. The molecule has 0 N–H and O–H groups in total. The van der Waals surface area contributed by atoms with Gasteiger partial charge in [-0.2, -0.15) is 10.5 Å². The Kier molecular flexibility index (Phi) is 5.33. The molecule has 0 bridgehead atoms. The topological polar surface area (TPSA) is 67.9 Å². The quantitative estimate of drug-likeness (QED) is 0.672. The fourth-order valence-electron chi connectivity index (χ4n) is 1.05. The third-order valence-electron chi connectivity index (χ3n) is 2.01. The van der Waals surface area contributed by atoms with E-state index >= 15 is 0 Å². The van der Waals surface area contributed by atoms with E-state index in [-0.39, 0.29) is 11.8 Å². The molecule has 0 aliphatic heterocycles. The SMILES string of the molecule is CC(C)C(C#N)C(=O)N(C)CCC#N. The van der Waals surface area contributed by atoms with Crippen molar-refractivity contribution >= 4 is 5.91 Å². The van der Waals surface area contributed by atoms with Gasteiger partial charge >= 0.3 is 0 Å². The molecule has 0 heterocycles. The fraction of sp³-hybridized carbons (Fsp3) is 0.700. The van der Waals surface area contributed by atoms with Gasteiger partial charge < -0.3 is 4.90 Å². The van der Waals surface area contributed by atoms with E-state index in [9.17, 15) is 4.79 Å². The minimum atomic E-state index is -0.598. The van der Waals surface area contributed by atoms with Crippen LogP contribution in [0.5, 0.6) is 0 Å². The molecule has 14 heavy (non-hydrogen) atoms. The molecule has 4 heteroatoms. The second-order valence-corrected chi connectivity index (χ2v) is 3.52. The van der Waals surface area contributed by atoms with Crippen LogP contribution in [0.2, 0.25) is 0 Å². The van der Waals surface area contributed by atoms with Crippen LogP contribution in [0.4, 0.5) is 0 Å². The van der Waals surface area contributed by atoms with Crippen molar-refractivity contribution in [1.29, 1.82) is 10.5 Å². The maximum absolute atomic E-state index is 11.6. The number of hydrogen-bond acceptors (Lipinski definition) is 3. The lowest BCUT2D eigenvalue weighted by atomic mass is 9.96. The first-order valence-electron chi connectivity index (χ1n) is 4.56. The molecule has 0 radical (unpaired) electrons. The summed E-state index contributed by atoms with van der Waals surface area (Å²) in [5.74, 6) is -0.784. The number of carbonyl (C=O) groups excluding carboxylic acids is 1. The molecule has 0 aliphatic carbocycles. The number of amides is 1. The van der Waals surface area contributed by atoms with Gasteiger partial charge in [0.15, 0.2) is 0 Å². The smallest absolute Gasteiger partial charge is 0.239 e. The van der Waals surface area contributed by atoms with Crippen molar-refractivity contribution < 1.29 is 4.79 Å². The number of hydrogen-bond donors (Lipinski definition) is 0. The Morgan fingerprint density at radius 3 is 2.36 bits per heavy atom. The summed E-state index contributed by atoms with van der Waals surface area (Å²) in [7, 11) is 1.62. The van der Waals surface area contributed by atoms with Crippen molar-refractivity contribution in [2.24, 2.45) is 11.8 Å². The molecule has 0 saturated carbocycles. The summed E-state index contributed by atoms with van der Waals surface area (Å²) in [6.45, 7) is 4.06. The van der Waals surface area contributed by atoms with Gasteiger partial charge in [0, 0.05) is 13.6 Å². The first kappa shape index (κ1) is 12.4. The summed E-state index contributed by atoms with van der Waals surface area (Å²) >= 11 is 0. The highest BCUT2D eigenvalue weighted by atomic mass is 16.2. The molecule has 0 saturated heterocycles. The molecule has 0 spiro atoms. The van der Waals surface area contributed by atoms with Crippen LogP contribution < -0.4 is 0 Å². The van der Waals surface area contributed by atoms with Crippen LogP contribution in [0, 0.1) is 34.5 Å². The normalized spacial score (nSPS) is 11.6. The molecule has 1 amide bonds. The summed E-state index contributed by atoms with van der Waals surface area (Å²) < 4.78 is 0. The lowest BCUT2D eigenvalue weighted by molar-refractivity contribution is -0.133. The van der Waals surface area contributed by atoms with Gasteiger partial charge in [0.05, 0.1) is 18.6 Å². The van der Waals surface area contributed by atoms with Gasteiger partial charge in [0.1, 0.15) is 5.92 Å². The van der Waals surface area contributed by atoms with Crippen LogP contribution >= 0.6 is 0 Å². The molecule has 0 rings (SSSR count). The molecule has 1 atom stereocenters. The summed E-state index contributed by atoms with van der Waals surface area (Å²) in [4.78, 5) is 13.1. The first-order valence-corrected chi connectivity index (χ1v) is 4.56. The van der Waals surface area contributed by atoms with Crippen LogP contribution in [-0.2, 0) is 4.79 Å². The van der Waals surface area contributed by atoms with Crippen molar-refractivity contribution in [3.8, 4) is 12.1 Å². The summed E-state index contributed by atoms with van der Waals surface area (Å²) in [5, 5.41) is 17.1. The molecule has 0 aromatic heterocycles. The van der Waals surface area contributed by atoms with Crippen LogP contribution in [0.3, 0.4) is 0 Å². The number of carbonyl (C=O) groups is 1. The number of nitrogens with zero attached hydrogens (tertiary/aromatic N) is 3.